The fraction of sp³-hybridized carbons (Fsp3) is 0.706. The van der Waals surface area contributed by atoms with Gasteiger partial charge in [0.15, 0.2) is 0 Å². The van der Waals surface area contributed by atoms with Crippen molar-refractivity contribution in [2.45, 2.75) is 64.1 Å². The summed E-state index contributed by atoms with van der Waals surface area (Å²) < 4.78 is 11.5. The van der Waals surface area contributed by atoms with Gasteiger partial charge in [-0.15, -0.1) is 0 Å². The minimum atomic E-state index is 0.257. The smallest absolute Gasteiger partial charge is 0.214 e. The Bertz CT molecular complexity index is 454. The SMILES string of the molecule is CCCc1cc(CNC2CC2)cc(OC2CCOCC2)n1. The molecule has 0 radical (unpaired) electrons. The Balaban J connectivity index is 1.66. The summed E-state index contributed by atoms with van der Waals surface area (Å²) in [6, 6.07) is 5.05. The van der Waals surface area contributed by atoms with E-state index in [1.807, 2.05) is 0 Å². The van der Waals surface area contributed by atoms with E-state index in [2.05, 4.69) is 29.4 Å². The molecule has 2 heterocycles. The highest BCUT2D eigenvalue weighted by molar-refractivity contribution is 5.26. The Morgan fingerprint density at radius 1 is 1.24 bits per heavy atom. The Labute approximate surface area is 127 Å². The molecule has 1 saturated carbocycles. The molecule has 4 nitrogen and oxygen atoms in total. The molecule has 1 aromatic rings. The van der Waals surface area contributed by atoms with Crippen LogP contribution < -0.4 is 10.1 Å². The van der Waals surface area contributed by atoms with Gasteiger partial charge in [0.2, 0.25) is 5.88 Å². The van der Waals surface area contributed by atoms with Gasteiger partial charge in [-0.25, -0.2) is 4.98 Å². The normalized spacial score (nSPS) is 19.7. The maximum atomic E-state index is 6.09. The summed E-state index contributed by atoms with van der Waals surface area (Å²) in [6.45, 7) is 4.72. The van der Waals surface area contributed by atoms with E-state index in [0.717, 1.165) is 63.1 Å². The number of nitrogens with zero attached hydrogens (tertiary/aromatic N) is 1. The Morgan fingerprint density at radius 3 is 2.76 bits per heavy atom. The summed E-state index contributed by atoms with van der Waals surface area (Å²) in [7, 11) is 0. The van der Waals surface area contributed by atoms with E-state index in [-0.39, 0.29) is 6.10 Å². The first-order valence-corrected chi connectivity index (χ1v) is 8.31. The van der Waals surface area contributed by atoms with Crippen LogP contribution in [0.15, 0.2) is 12.1 Å². The average molecular weight is 290 g/mol. The second-order valence-electron chi connectivity index (χ2n) is 6.14. The number of ether oxygens (including phenoxy) is 2. The molecule has 0 atom stereocenters. The fourth-order valence-electron chi connectivity index (χ4n) is 2.68. The molecule has 0 spiro atoms. The van der Waals surface area contributed by atoms with Crippen molar-refractivity contribution in [1.29, 1.82) is 0 Å². The van der Waals surface area contributed by atoms with Gasteiger partial charge in [-0.1, -0.05) is 13.3 Å². The minimum absolute atomic E-state index is 0.257. The highest BCUT2D eigenvalue weighted by atomic mass is 16.5. The lowest BCUT2D eigenvalue weighted by Crippen LogP contribution is -2.26. The lowest BCUT2D eigenvalue weighted by Gasteiger charge is -2.23. The Morgan fingerprint density at radius 2 is 2.05 bits per heavy atom. The van der Waals surface area contributed by atoms with Crippen molar-refractivity contribution in [2.75, 3.05) is 13.2 Å². The first kappa shape index (κ1) is 14.8. The first-order chi connectivity index (χ1) is 10.3. The van der Waals surface area contributed by atoms with Crippen molar-refractivity contribution in [1.82, 2.24) is 10.3 Å². The monoisotopic (exact) mass is 290 g/mol. The van der Waals surface area contributed by atoms with Gasteiger partial charge in [0.25, 0.3) is 0 Å². The molecular weight excluding hydrogens is 264 g/mol. The predicted octanol–water partition coefficient (Wildman–Crippen LogP) is 2.84. The highest BCUT2D eigenvalue weighted by Crippen LogP contribution is 2.22. The molecule has 1 aliphatic heterocycles. The average Bonchev–Trinajstić information content (AvgIpc) is 3.31. The highest BCUT2D eigenvalue weighted by Gasteiger charge is 2.20. The summed E-state index contributed by atoms with van der Waals surface area (Å²) in [5.74, 6) is 0.792. The van der Waals surface area contributed by atoms with Crippen molar-refractivity contribution in [3.05, 3.63) is 23.4 Å². The van der Waals surface area contributed by atoms with E-state index in [0.29, 0.717) is 0 Å². The molecule has 1 aromatic heterocycles. The largest absolute Gasteiger partial charge is 0.474 e. The van der Waals surface area contributed by atoms with E-state index < -0.39 is 0 Å². The summed E-state index contributed by atoms with van der Waals surface area (Å²) >= 11 is 0. The second-order valence-corrected chi connectivity index (χ2v) is 6.14. The van der Waals surface area contributed by atoms with Gasteiger partial charge in [-0.2, -0.15) is 0 Å². The lowest BCUT2D eigenvalue weighted by molar-refractivity contribution is 0.0236. The fourth-order valence-corrected chi connectivity index (χ4v) is 2.68. The van der Waals surface area contributed by atoms with E-state index in [1.165, 1.54) is 18.4 Å². The van der Waals surface area contributed by atoms with Crippen LogP contribution in [0.3, 0.4) is 0 Å². The number of hydrogen-bond acceptors (Lipinski definition) is 4. The number of rotatable bonds is 7. The van der Waals surface area contributed by atoms with Crippen LogP contribution in [0.4, 0.5) is 0 Å². The van der Waals surface area contributed by atoms with Crippen LogP contribution >= 0.6 is 0 Å². The van der Waals surface area contributed by atoms with E-state index in [9.17, 15) is 0 Å². The summed E-state index contributed by atoms with van der Waals surface area (Å²) in [6.07, 6.45) is 6.96. The van der Waals surface area contributed by atoms with Crippen LogP contribution in [0.2, 0.25) is 0 Å². The third-order valence-electron chi connectivity index (χ3n) is 4.05. The maximum Gasteiger partial charge on any atom is 0.214 e. The zero-order valence-corrected chi connectivity index (χ0v) is 12.9. The van der Waals surface area contributed by atoms with E-state index in [1.54, 1.807) is 0 Å². The zero-order valence-electron chi connectivity index (χ0n) is 12.9. The molecular formula is C17H26N2O2. The molecule has 0 bridgehead atoms. The van der Waals surface area contributed by atoms with Crippen molar-refractivity contribution < 1.29 is 9.47 Å². The number of aromatic nitrogens is 1. The van der Waals surface area contributed by atoms with Gasteiger partial charge in [-0.3, -0.25) is 0 Å². The summed E-state index contributed by atoms with van der Waals surface area (Å²) in [5, 5.41) is 3.57. The third-order valence-corrected chi connectivity index (χ3v) is 4.05. The van der Waals surface area contributed by atoms with Gasteiger partial charge >= 0.3 is 0 Å². The second kappa shape index (κ2) is 7.23. The molecule has 3 rings (SSSR count). The minimum Gasteiger partial charge on any atom is -0.474 e. The molecule has 2 fully saturated rings. The number of pyridine rings is 1. The number of hydrogen-bond donors (Lipinski definition) is 1. The van der Waals surface area contributed by atoms with Crippen LogP contribution in [0.5, 0.6) is 5.88 Å². The molecule has 0 aromatic carbocycles. The van der Waals surface area contributed by atoms with Gasteiger partial charge in [0.05, 0.1) is 13.2 Å². The van der Waals surface area contributed by atoms with Gasteiger partial charge < -0.3 is 14.8 Å². The molecule has 4 heteroatoms. The van der Waals surface area contributed by atoms with Gasteiger partial charge in [-0.05, 0) is 30.9 Å². The number of aryl methyl sites for hydroxylation is 1. The summed E-state index contributed by atoms with van der Waals surface area (Å²) in [4.78, 5) is 4.67. The predicted molar refractivity (Wildman–Crippen MR) is 82.6 cm³/mol. The van der Waals surface area contributed by atoms with Crippen molar-refractivity contribution in [2.24, 2.45) is 0 Å². The molecule has 21 heavy (non-hydrogen) atoms. The summed E-state index contributed by atoms with van der Waals surface area (Å²) in [5.41, 5.74) is 2.44. The van der Waals surface area contributed by atoms with Crippen LogP contribution in [-0.4, -0.2) is 30.3 Å². The van der Waals surface area contributed by atoms with Crippen LogP contribution in [0, 0.1) is 0 Å². The third kappa shape index (κ3) is 4.68. The topological polar surface area (TPSA) is 43.4 Å². The maximum absolute atomic E-state index is 6.09. The van der Waals surface area contributed by atoms with Gasteiger partial charge in [0.1, 0.15) is 6.10 Å². The molecule has 1 saturated heterocycles. The van der Waals surface area contributed by atoms with Crippen LogP contribution in [0.25, 0.3) is 0 Å². The molecule has 1 N–H and O–H groups in total. The van der Waals surface area contributed by atoms with Crippen molar-refractivity contribution in [3.63, 3.8) is 0 Å². The molecule has 1 aliphatic carbocycles. The molecule has 116 valence electrons. The Kier molecular flexibility index (Phi) is 5.09. The number of nitrogens with one attached hydrogen (secondary N) is 1. The van der Waals surface area contributed by atoms with Crippen molar-refractivity contribution in [3.8, 4) is 5.88 Å². The molecule has 0 amide bonds. The molecule has 2 aliphatic rings. The standard InChI is InChI=1S/C17H26N2O2/c1-2-3-15-10-13(12-18-14-4-5-14)11-17(19-15)21-16-6-8-20-9-7-16/h10-11,14,16,18H,2-9,12H2,1H3. The molecule has 0 unspecified atom stereocenters. The van der Waals surface area contributed by atoms with Crippen LogP contribution in [0.1, 0.15) is 50.3 Å². The quantitative estimate of drug-likeness (QED) is 0.838. The lowest BCUT2D eigenvalue weighted by atomic mass is 10.1. The van der Waals surface area contributed by atoms with Crippen LogP contribution in [-0.2, 0) is 17.7 Å². The first-order valence-electron chi connectivity index (χ1n) is 8.31. The van der Waals surface area contributed by atoms with Crippen molar-refractivity contribution >= 4 is 0 Å². The van der Waals surface area contributed by atoms with E-state index >= 15 is 0 Å². The van der Waals surface area contributed by atoms with E-state index in [4.69, 9.17) is 9.47 Å². The van der Waals surface area contributed by atoms with Gasteiger partial charge in [0, 0.05) is 37.2 Å². The Hall–Kier alpha value is -1.13. The zero-order chi connectivity index (χ0) is 14.5.